The van der Waals surface area contributed by atoms with Gasteiger partial charge in [-0.15, -0.1) is 0 Å². The maximum absolute atomic E-state index is 9.87. The van der Waals surface area contributed by atoms with Crippen molar-refractivity contribution >= 4 is 16.9 Å². The van der Waals surface area contributed by atoms with Crippen LogP contribution in [-0.4, -0.2) is 75.9 Å². The van der Waals surface area contributed by atoms with Gasteiger partial charge in [0.15, 0.2) is 5.17 Å². The lowest BCUT2D eigenvalue weighted by Crippen LogP contribution is -2.55. The van der Waals surface area contributed by atoms with E-state index < -0.39 is 24.4 Å². The summed E-state index contributed by atoms with van der Waals surface area (Å²) < 4.78 is 5.48. The number of hydrogen-bond donors (Lipinski definition) is 3. The Balaban J connectivity index is 2.14. The number of ether oxygens (including phenoxy) is 1. The minimum atomic E-state index is -1.09. The standard InChI is InChI=1S/C9H16N2O4S/c1-11(2)9-10-5-7(14)6(13)4(3-12)15-8(5)16-9/h4-8,12-14H,3H2,1-2H3/t4-,5?,6-,7-,8?/m1/s1. The molecule has 2 rings (SSSR count). The highest BCUT2D eigenvalue weighted by Crippen LogP contribution is 2.36. The highest BCUT2D eigenvalue weighted by Gasteiger charge is 2.48. The second-order valence-electron chi connectivity index (χ2n) is 4.12. The Bertz CT molecular complexity index is 299. The highest BCUT2D eigenvalue weighted by atomic mass is 32.2. The maximum Gasteiger partial charge on any atom is 0.161 e. The van der Waals surface area contributed by atoms with Crippen LogP contribution in [0.3, 0.4) is 0 Å². The van der Waals surface area contributed by atoms with Gasteiger partial charge in [-0.05, 0) is 0 Å². The normalized spacial score (nSPS) is 42.8. The number of aliphatic hydroxyl groups is 3. The van der Waals surface area contributed by atoms with Crippen LogP contribution in [0.15, 0.2) is 4.99 Å². The zero-order chi connectivity index (χ0) is 11.9. The van der Waals surface area contributed by atoms with Crippen LogP contribution in [-0.2, 0) is 4.74 Å². The molecule has 2 aliphatic rings. The van der Waals surface area contributed by atoms with E-state index >= 15 is 0 Å². The smallest absolute Gasteiger partial charge is 0.161 e. The van der Waals surface area contributed by atoms with Gasteiger partial charge in [-0.25, -0.2) is 0 Å². The van der Waals surface area contributed by atoms with Crippen LogP contribution in [0.1, 0.15) is 0 Å². The minimum absolute atomic E-state index is 0.306. The number of fused-ring (bicyclic) bond motifs is 1. The summed E-state index contributed by atoms with van der Waals surface area (Å²) in [5.74, 6) is 0. The van der Waals surface area contributed by atoms with Crippen LogP contribution in [0.2, 0.25) is 0 Å². The molecule has 1 saturated heterocycles. The van der Waals surface area contributed by atoms with Gasteiger partial charge in [0, 0.05) is 14.1 Å². The highest BCUT2D eigenvalue weighted by molar-refractivity contribution is 8.14. The number of thioether (sulfide) groups is 1. The van der Waals surface area contributed by atoms with Crippen LogP contribution >= 0.6 is 11.8 Å². The van der Waals surface area contributed by atoms with E-state index in [1.165, 1.54) is 11.8 Å². The molecule has 0 amide bonds. The Morgan fingerprint density at radius 1 is 1.38 bits per heavy atom. The van der Waals surface area contributed by atoms with E-state index in [-0.39, 0.29) is 12.0 Å². The quantitative estimate of drug-likeness (QED) is 0.521. The molecule has 0 bridgehead atoms. The minimum Gasteiger partial charge on any atom is -0.394 e. The Labute approximate surface area is 97.9 Å². The molecule has 3 N–H and O–H groups in total. The van der Waals surface area contributed by atoms with Crippen molar-refractivity contribution in [1.82, 2.24) is 4.90 Å². The van der Waals surface area contributed by atoms with Crippen molar-refractivity contribution in [1.29, 1.82) is 0 Å². The molecule has 0 radical (unpaired) electrons. The van der Waals surface area contributed by atoms with Gasteiger partial charge in [-0.1, -0.05) is 11.8 Å². The second kappa shape index (κ2) is 4.50. The molecule has 6 nitrogen and oxygen atoms in total. The van der Waals surface area contributed by atoms with Crippen LogP contribution in [0.4, 0.5) is 0 Å². The van der Waals surface area contributed by atoms with Crippen molar-refractivity contribution in [3.05, 3.63) is 0 Å². The molecule has 0 aromatic carbocycles. The Morgan fingerprint density at radius 3 is 2.62 bits per heavy atom. The van der Waals surface area contributed by atoms with Crippen LogP contribution in [0.5, 0.6) is 0 Å². The second-order valence-corrected chi connectivity index (χ2v) is 5.19. The first kappa shape index (κ1) is 12.1. The molecule has 2 heterocycles. The van der Waals surface area contributed by atoms with Crippen molar-refractivity contribution in [2.45, 2.75) is 29.8 Å². The Hall–Kier alpha value is -0.340. The SMILES string of the molecule is CN(C)C1=NC2C(O[C@H](CO)[C@@H](O)[C@@H]2O)S1. The van der Waals surface area contributed by atoms with Gasteiger partial charge in [-0.2, -0.15) is 0 Å². The number of hydrogen-bond acceptors (Lipinski definition) is 7. The third-order valence-corrected chi connectivity index (χ3v) is 4.02. The molecule has 7 heteroatoms. The van der Waals surface area contributed by atoms with Crippen LogP contribution in [0.25, 0.3) is 0 Å². The van der Waals surface area contributed by atoms with Gasteiger partial charge < -0.3 is 25.0 Å². The largest absolute Gasteiger partial charge is 0.394 e. The predicted molar refractivity (Wildman–Crippen MR) is 60.3 cm³/mol. The van der Waals surface area contributed by atoms with Crippen LogP contribution < -0.4 is 0 Å². The van der Waals surface area contributed by atoms with E-state index in [1.54, 1.807) is 0 Å². The van der Waals surface area contributed by atoms with Gasteiger partial charge in [-0.3, -0.25) is 4.99 Å². The summed E-state index contributed by atoms with van der Waals surface area (Å²) >= 11 is 1.40. The number of amidine groups is 1. The van der Waals surface area contributed by atoms with Gasteiger partial charge in [0.1, 0.15) is 29.8 Å². The summed E-state index contributed by atoms with van der Waals surface area (Å²) in [6, 6.07) is -0.458. The lowest BCUT2D eigenvalue weighted by atomic mass is 9.99. The summed E-state index contributed by atoms with van der Waals surface area (Å²) in [7, 11) is 3.71. The molecular weight excluding hydrogens is 232 g/mol. The molecule has 0 saturated carbocycles. The lowest BCUT2D eigenvalue weighted by Gasteiger charge is -2.37. The van der Waals surface area contributed by atoms with Crippen molar-refractivity contribution in [2.75, 3.05) is 20.7 Å². The van der Waals surface area contributed by atoms with Crippen molar-refractivity contribution in [2.24, 2.45) is 4.99 Å². The summed E-state index contributed by atoms with van der Waals surface area (Å²) in [6.45, 7) is -0.306. The summed E-state index contributed by atoms with van der Waals surface area (Å²) in [5, 5.41) is 29.3. The summed E-state index contributed by atoms with van der Waals surface area (Å²) in [4.78, 5) is 6.13. The topological polar surface area (TPSA) is 85.5 Å². The molecule has 0 aromatic heterocycles. The molecule has 92 valence electrons. The van der Waals surface area contributed by atoms with E-state index in [1.807, 2.05) is 19.0 Å². The zero-order valence-electron chi connectivity index (χ0n) is 9.15. The molecule has 5 atom stereocenters. The molecular formula is C9H16N2O4S. The number of aliphatic imine (C=N–C) groups is 1. The first-order chi connectivity index (χ1) is 7.54. The summed E-state index contributed by atoms with van der Waals surface area (Å²) in [5.41, 5.74) is -0.326. The molecule has 16 heavy (non-hydrogen) atoms. The van der Waals surface area contributed by atoms with Crippen molar-refractivity contribution in [3.8, 4) is 0 Å². The fourth-order valence-corrected chi connectivity index (χ4v) is 2.95. The number of nitrogens with zero attached hydrogens (tertiary/aromatic N) is 2. The predicted octanol–water partition coefficient (Wildman–Crippen LogP) is -1.54. The third-order valence-electron chi connectivity index (χ3n) is 2.71. The van der Waals surface area contributed by atoms with Crippen LogP contribution in [0, 0.1) is 0 Å². The first-order valence-electron chi connectivity index (χ1n) is 5.09. The number of rotatable bonds is 1. The van der Waals surface area contributed by atoms with E-state index in [0.717, 1.165) is 5.17 Å². The monoisotopic (exact) mass is 248 g/mol. The maximum atomic E-state index is 9.87. The van der Waals surface area contributed by atoms with Gasteiger partial charge in [0.25, 0.3) is 0 Å². The fraction of sp³-hybridized carbons (Fsp3) is 0.889. The fourth-order valence-electron chi connectivity index (χ4n) is 1.78. The lowest BCUT2D eigenvalue weighted by molar-refractivity contribution is -0.164. The van der Waals surface area contributed by atoms with Gasteiger partial charge in [0.2, 0.25) is 0 Å². The molecule has 0 aromatic rings. The molecule has 1 fully saturated rings. The molecule has 2 unspecified atom stereocenters. The summed E-state index contributed by atoms with van der Waals surface area (Å²) in [6.07, 6.45) is -2.81. The molecule has 0 aliphatic carbocycles. The molecule has 2 aliphatic heterocycles. The van der Waals surface area contributed by atoms with E-state index in [9.17, 15) is 10.2 Å². The van der Waals surface area contributed by atoms with Crippen molar-refractivity contribution < 1.29 is 20.1 Å². The van der Waals surface area contributed by atoms with Crippen molar-refractivity contribution in [3.63, 3.8) is 0 Å². The van der Waals surface area contributed by atoms with Gasteiger partial charge in [0.05, 0.1) is 6.61 Å². The first-order valence-corrected chi connectivity index (χ1v) is 5.96. The third kappa shape index (κ3) is 1.93. The van der Waals surface area contributed by atoms with Gasteiger partial charge >= 0.3 is 0 Å². The number of aliphatic hydroxyl groups excluding tert-OH is 3. The molecule has 0 spiro atoms. The average Bonchev–Trinajstić information content (AvgIpc) is 2.67. The average molecular weight is 248 g/mol. The zero-order valence-corrected chi connectivity index (χ0v) is 9.96. The van der Waals surface area contributed by atoms with E-state index in [4.69, 9.17) is 9.84 Å². The van der Waals surface area contributed by atoms with E-state index in [2.05, 4.69) is 4.99 Å². The Morgan fingerprint density at radius 2 is 2.06 bits per heavy atom. The Kier molecular flexibility index (Phi) is 3.41. The van der Waals surface area contributed by atoms with E-state index in [0.29, 0.717) is 0 Å².